The third kappa shape index (κ3) is 2.47. The van der Waals surface area contributed by atoms with Crippen molar-refractivity contribution in [2.45, 2.75) is 0 Å². The Bertz CT molecular complexity index is 414. The van der Waals surface area contributed by atoms with E-state index in [0.29, 0.717) is 5.46 Å². The van der Waals surface area contributed by atoms with E-state index < -0.39 is 7.12 Å². The summed E-state index contributed by atoms with van der Waals surface area (Å²) in [7, 11) is -1.14. The van der Waals surface area contributed by atoms with Crippen molar-refractivity contribution in [3.63, 3.8) is 0 Å². The van der Waals surface area contributed by atoms with E-state index in [1.54, 1.807) is 0 Å². The highest BCUT2D eigenvalue weighted by Crippen LogP contribution is 2.01. The topological polar surface area (TPSA) is 81.0 Å². The molecule has 2 aromatic heterocycles. The van der Waals surface area contributed by atoms with Gasteiger partial charge in [-0.2, -0.15) is 0 Å². The number of hydrogen-bond donors (Lipinski definition) is 1. The summed E-state index contributed by atoms with van der Waals surface area (Å²) in [6.45, 7) is 0. The van der Waals surface area contributed by atoms with Gasteiger partial charge in [-0.15, -0.1) is 0 Å². The number of aromatic nitrogens is 4. The van der Waals surface area contributed by atoms with E-state index >= 15 is 0 Å². The second-order valence-corrected chi connectivity index (χ2v) is 2.69. The first-order chi connectivity index (χ1) is 7.36. The third-order valence-electron chi connectivity index (χ3n) is 1.64. The summed E-state index contributed by atoms with van der Waals surface area (Å²) in [6, 6.07) is 0. The zero-order valence-electron chi connectivity index (χ0n) is 7.69. The Morgan fingerprint density at radius 1 is 1.07 bits per heavy atom. The maximum absolute atomic E-state index is 9.60. The van der Waals surface area contributed by atoms with Gasteiger partial charge in [0, 0.05) is 30.3 Å². The fourth-order valence-electron chi connectivity index (χ4n) is 0.967. The first-order valence-electron chi connectivity index (χ1n) is 4.22. The SMILES string of the molecule is OB(Oc1cnccn1)c1cncnc1. The normalized spacial score (nSPS) is 9.67. The Morgan fingerprint density at radius 3 is 2.53 bits per heavy atom. The summed E-state index contributed by atoms with van der Waals surface area (Å²) in [4.78, 5) is 15.2. The summed E-state index contributed by atoms with van der Waals surface area (Å²) in [5, 5.41) is 9.60. The van der Waals surface area contributed by atoms with Crippen LogP contribution >= 0.6 is 0 Å². The molecule has 0 atom stereocenters. The quantitative estimate of drug-likeness (QED) is 0.645. The molecule has 0 unspecified atom stereocenters. The predicted octanol–water partition coefficient (Wildman–Crippen LogP) is -0.967. The summed E-state index contributed by atoms with van der Waals surface area (Å²) < 4.78 is 5.10. The van der Waals surface area contributed by atoms with E-state index in [9.17, 15) is 5.02 Å². The van der Waals surface area contributed by atoms with Gasteiger partial charge in [0.2, 0.25) is 5.88 Å². The molecule has 15 heavy (non-hydrogen) atoms. The molecule has 6 nitrogen and oxygen atoms in total. The molecule has 0 saturated heterocycles. The van der Waals surface area contributed by atoms with Gasteiger partial charge < -0.3 is 9.68 Å². The maximum atomic E-state index is 9.60. The highest BCUT2D eigenvalue weighted by molar-refractivity contribution is 6.60. The van der Waals surface area contributed by atoms with Gasteiger partial charge in [-0.05, 0) is 0 Å². The van der Waals surface area contributed by atoms with Crippen LogP contribution in [-0.4, -0.2) is 32.1 Å². The van der Waals surface area contributed by atoms with E-state index in [-0.39, 0.29) is 5.88 Å². The van der Waals surface area contributed by atoms with E-state index in [0.717, 1.165) is 0 Å². The summed E-state index contributed by atoms with van der Waals surface area (Å²) in [6.07, 6.45) is 8.71. The van der Waals surface area contributed by atoms with E-state index in [1.807, 2.05) is 0 Å². The van der Waals surface area contributed by atoms with Crippen LogP contribution in [0.5, 0.6) is 5.88 Å². The second kappa shape index (κ2) is 4.47. The Hall–Kier alpha value is -2.02. The van der Waals surface area contributed by atoms with Crippen molar-refractivity contribution in [2.24, 2.45) is 0 Å². The lowest BCUT2D eigenvalue weighted by molar-refractivity contribution is 0.421. The highest BCUT2D eigenvalue weighted by Gasteiger charge is 2.19. The van der Waals surface area contributed by atoms with Crippen LogP contribution in [0.25, 0.3) is 0 Å². The summed E-state index contributed by atoms with van der Waals surface area (Å²) in [5.41, 5.74) is 0.461. The molecule has 0 bridgehead atoms. The van der Waals surface area contributed by atoms with Crippen LogP contribution in [0.4, 0.5) is 0 Å². The minimum atomic E-state index is -1.14. The predicted molar refractivity (Wildman–Crippen MR) is 52.3 cm³/mol. The zero-order valence-corrected chi connectivity index (χ0v) is 7.69. The molecule has 2 rings (SSSR count). The van der Waals surface area contributed by atoms with E-state index in [1.165, 1.54) is 37.3 Å². The van der Waals surface area contributed by atoms with Crippen molar-refractivity contribution in [1.82, 2.24) is 19.9 Å². The maximum Gasteiger partial charge on any atom is 0.564 e. The summed E-state index contributed by atoms with van der Waals surface area (Å²) >= 11 is 0. The molecule has 2 heterocycles. The van der Waals surface area contributed by atoms with Crippen LogP contribution < -0.4 is 10.1 Å². The van der Waals surface area contributed by atoms with Gasteiger partial charge in [0.1, 0.15) is 6.33 Å². The smallest absolute Gasteiger partial charge is 0.517 e. The fourth-order valence-corrected chi connectivity index (χ4v) is 0.967. The average molecular weight is 202 g/mol. The molecule has 1 N–H and O–H groups in total. The van der Waals surface area contributed by atoms with Crippen molar-refractivity contribution < 1.29 is 9.68 Å². The van der Waals surface area contributed by atoms with Gasteiger partial charge in [0.15, 0.2) is 0 Å². The molecule has 0 aromatic carbocycles. The monoisotopic (exact) mass is 202 g/mol. The Kier molecular flexibility index (Phi) is 2.84. The van der Waals surface area contributed by atoms with Crippen LogP contribution in [0.2, 0.25) is 0 Å². The van der Waals surface area contributed by atoms with Crippen molar-refractivity contribution in [3.8, 4) is 5.88 Å². The first kappa shape index (κ1) is 9.54. The number of nitrogens with zero attached hydrogens (tertiary/aromatic N) is 4. The van der Waals surface area contributed by atoms with Crippen molar-refractivity contribution in [2.75, 3.05) is 0 Å². The van der Waals surface area contributed by atoms with Gasteiger partial charge in [-0.1, -0.05) is 0 Å². The summed E-state index contributed by atoms with van der Waals surface area (Å²) in [5.74, 6) is 0.244. The van der Waals surface area contributed by atoms with Crippen LogP contribution in [0.15, 0.2) is 37.3 Å². The lowest BCUT2D eigenvalue weighted by Crippen LogP contribution is -2.37. The molecule has 0 amide bonds. The molecule has 2 aromatic rings. The van der Waals surface area contributed by atoms with Crippen molar-refractivity contribution in [3.05, 3.63) is 37.3 Å². The minimum Gasteiger partial charge on any atom is -0.517 e. The molecule has 74 valence electrons. The average Bonchev–Trinajstić information content (AvgIpc) is 2.31. The Morgan fingerprint density at radius 2 is 1.87 bits per heavy atom. The van der Waals surface area contributed by atoms with Crippen LogP contribution in [0.1, 0.15) is 0 Å². The van der Waals surface area contributed by atoms with E-state index in [4.69, 9.17) is 4.65 Å². The second-order valence-electron chi connectivity index (χ2n) is 2.69. The van der Waals surface area contributed by atoms with E-state index in [2.05, 4.69) is 19.9 Å². The molecule has 0 aliphatic heterocycles. The van der Waals surface area contributed by atoms with Crippen LogP contribution in [-0.2, 0) is 0 Å². The van der Waals surface area contributed by atoms with Gasteiger partial charge in [0.05, 0.1) is 6.20 Å². The molecule has 0 aliphatic rings. The van der Waals surface area contributed by atoms with Crippen LogP contribution in [0, 0.1) is 0 Å². The van der Waals surface area contributed by atoms with Crippen LogP contribution in [0.3, 0.4) is 0 Å². The van der Waals surface area contributed by atoms with Gasteiger partial charge in [-0.3, -0.25) is 4.98 Å². The van der Waals surface area contributed by atoms with Crippen molar-refractivity contribution in [1.29, 1.82) is 0 Å². The lowest BCUT2D eigenvalue weighted by Gasteiger charge is -2.06. The molecule has 7 heteroatoms. The van der Waals surface area contributed by atoms with Crippen molar-refractivity contribution >= 4 is 12.6 Å². The third-order valence-corrected chi connectivity index (χ3v) is 1.64. The van der Waals surface area contributed by atoms with Gasteiger partial charge in [-0.25, -0.2) is 15.0 Å². The Balaban J connectivity index is 2.08. The largest absolute Gasteiger partial charge is 0.564 e. The fraction of sp³-hybridized carbons (Fsp3) is 0. The number of hydrogen-bond acceptors (Lipinski definition) is 6. The molecule has 0 radical (unpaired) electrons. The molecule has 0 aliphatic carbocycles. The Labute approximate surface area is 86.2 Å². The molecule has 0 saturated carbocycles. The minimum absolute atomic E-state index is 0.244. The molecular formula is C8H7BN4O2. The van der Waals surface area contributed by atoms with Gasteiger partial charge in [0.25, 0.3) is 0 Å². The standard InChI is InChI=1S/C8H7BN4O2/c14-9(7-3-11-6-12-4-7)15-8-5-10-1-2-13-8/h1-6,14H. The molecular weight excluding hydrogens is 195 g/mol. The van der Waals surface area contributed by atoms with Gasteiger partial charge >= 0.3 is 7.12 Å². The zero-order chi connectivity index (χ0) is 10.5. The number of rotatable bonds is 3. The first-order valence-corrected chi connectivity index (χ1v) is 4.22. The lowest BCUT2D eigenvalue weighted by atomic mass is 9.82. The molecule has 0 spiro atoms. The highest BCUT2D eigenvalue weighted by atomic mass is 16.5. The molecule has 0 fully saturated rings.